The lowest BCUT2D eigenvalue weighted by molar-refractivity contribution is 0.101. The number of carbonyl (C=O) groups excluding carboxylic acids is 1. The molecule has 0 bridgehead atoms. The predicted octanol–water partition coefficient (Wildman–Crippen LogP) is 2.10. The fourth-order valence-electron chi connectivity index (χ4n) is 1.71. The highest BCUT2D eigenvalue weighted by molar-refractivity contribution is 5.95. The summed E-state index contributed by atoms with van der Waals surface area (Å²) in [6.45, 7) is 3.08. The summed E-state index contributed by atoms with van der Waals surface area (Å²) < 4.78 is 6.60. The summed E-state index contributed by atoms with van der Waals surface area (Å²) in [4.78, 5) is 11.3. The summed E-state index contributed by atoms with van der Waals surface area (Å²) in [7, 11) is 1.59. The van der Waals surface area contributed by atoms with Crippen LogP contribution in [0.1, 0.15) is 23.1 Å². The SMILES string of the molecule is COc1ccc(-n2nc(C(C)=O)c(O)c2C)cc1. The first-order chi connectivity index (χ1) is 8.54. The zero-order chi connectivity index (χ0) is 13.3. The van der Waals surface area contributed by atoms with Gasteiger partial charge >= 0.3 is 0 Å². The van der Waals surface area contributed by atoms with E-state index in [1.807, 2.05) is 12.1 Å². The van der Waals surface area contributed by atoms with Crippen molar-refractivity contribution in [3.8, 4) is 17.2 Å². The standard InChI is InChI=1S/C13H14N2O3/c1-8-13(17)12(9(2)16)14-15(8)10-4-6-11(18-3)7-5-10/h4-7,17H,1-3H3. The molecule has 0 atom stereocenters. The van der Waals surface area contributed by atoms with Gasteiger partial charge in [-0.1, -0.05) is 0 Å². The monoisotopic (exact) mass is 246 g/mol. The molecular formula is C13H14N2O3. The van der Waals surface area contributed by atoms with Crippen LogP contribution in [0.3, 0.4) is 0 Å². The van der Waals surface area contributed by atoms with Crippen molar-refractivity contribution < 1.29 is 14.6 Å². The molecule has 2 rings (SSSR count). The number of hydrogen-bond donors (Lipinski definition) is 1. The number of hydrogen-bond acceptors (Lipinski definition) is 4. The Bertz CT molecular complexity index is 585. The molecule has 1 N–H and O–H groups in total. The Morgan fingerprint density at radius 1 is 1.33 bits per heavy atom. The van der Waals surface area contributed by atoms with Crippen molar-refractivity contribution in [3.05, 3.63) is 35.7 Å². The van der Waals surface area contributed by atoms with Crippen LogP contribution < -0.4 is 4.74 Å². The maximum Gasteiger partial charge on any atom is 0.183 e. The lowest BCUT2D eigenvalue weighted by atomic mass is 10.2. The molecule has 18 heavy (non-hydrogen) atoms. The third-order valence-electron chi connectivity index (χ3n) is 2.74. The minimum atomic E-state index is -0.261. The van der Waals surface area contributed by atoms with Crippen molar-refractivity contribution in [2.75, 3.05) is 7.11 Å². The quantitative estimate of drug-likeness (QED) is 0.842. The van der Waals surface area contributed by atoms with Crippen molar-refractivity contribution in [1.82, 2.24) is 9.78 Å². The van der Waals surface area contributed by atoms with Gasteiger partial charge in [0.05, 0.1) is 18.5 Å². The molecule has 0 amide bonds. The van der Waals surface area contributed by atoms with Gasteiger partial charge in [-0.25, -0.2) is 4.68 Å². The van der Waals surface area contributed by atoms with Crippen LogP contribution in [0.15, 0.2) is 24.3 Å². The minimum absolute atomic E-state index is 0.0710. The third-order valence-corrected chi connectivity index (χ3v) is 2.74. The average molecular weight is 246 g/mol. The zero-order valence-electron chi connectivity index (χ0n) is 10.5. The molecular weight excluding hydrogens is 232 g/mol. The van der Waals surface area contributed by atoms with Gasteiger partial charge in [-0.2, -0.15) is 5.10 Å². The Kier molecular flexibility index (Phi) is 3.06. The second-order valence-corrected chi connectivity index (χ2v) is 3.95. The van der Waals surface area contributed by atoms with Crippen molar-refractivity contribution in [2.45, 2.75) is 13.8 Å². The Labute approximate surface area is 105 Å². The summed E-state index contributed by atoms with van der Waals surface area (Å²) >= 11 is 0. The lowest BCUT2D eigenvalue weighted by Crippen LogP contribution is -2.00. The summed E-state index contributed by atoms with van der Waals surface area (Å²) in [5.74, 6) is 0.403. The number of rotatable bonds is 3. The summed E-state index contributed by atoms with van der Waals surface area (Å²) in [5, 5.41) is 13.9. The zero-order valence-corrected chi connectivity index (χ0v) is 10.5. The van der Waals surface area contributed by atoms with E-state index in [0.29, 0.717) is 5.69 Å². The summed E-state index contributed by atoms with van der Waals surface area (Å²) in [6.07, 6.45) is 0. The fraction of sp³-hybridized carbons (Fsp3) is 0.231. The van der Waals surface area contributed by atoms with Gasteiger partial charge in [-0.15, -0.1) is 0 Å². The lowest BCUT2D eigenvalue weighted by Gasteiger charge is -2.05. The van der Waals surface area contributed by atoms with Crippen LogP contribution in [0.4, 0.5) is 0 Å². The van der Waals surface area contributed by atoms with Crippen LogP contribution in [0.5, 0.6) is 11.5 Å². The first-order valence-corrected chi connectivity index (χ1v) is 5.48. The minimum Gasteiger partial charge on any atom is -0.504 e. The molecule has 0 spiro atoms. The van der Waals surface area contributed by atoms with E-state index in [2.05, 4.69) is 5.10 Å². The molecule has 0 fully saturated rings. The molecule has 5 heteroatoms. The molecule has 1 aromatic carbocycles. The largest absolute Gasteiger partial charge is 0.504 e. The molecule has 0 unspecified atom stereocenters. The van der Waals surface area contributed by atoms with Gasteiger partial charge in [0, 0.05) is 6.92 Å². The van der Waals surface area contributed by atoms with E-state index < -0.39 is 0 Å². The molecule has 94 valence electrons. The Hall–Kier alpha value is -2.30. The maximum absolute atomic E-state index is 11.3. The average Bonchev–Trinajstić information content (AvgIpc) is 2.67. The van der Waals surface area contributed by atoms with Crippen LogP contribution in [-0.2, 0) is 0 Å². The van der Waals surface area contributed by atoms with Gasteiger partial charge in [0.25, 0.3) is 0 Å². The molecule has 0 aliphatic carbocycles. The highest BCUT2D eigenvalue weighted by Crippen LogP contribution is 2.25. The van der Waals surface area contributed by atoms with E-state index in [1.165, 1.54) is 11.6 Å². The number of ether oxygens (including phenoxy) is 1. The van der Waals surface area contributed by atoms with Gasteiger partial charge in [-0.05, 0) is 31.2 Å². The van der Waals surface area contributed by atoms with Gasteiger partial charge in [0.1, 0.15) is 5.75 Å². The number of aromatic nitrogens is 2. The number of aromatic hydroxyl groups is 1. The molecule has 0 aliphatic rings. The van der Waals surface area contributed by atoms with Gasteiger partial charge in [0.2, 0.25) is 0 Å². The van der Waals surface area contributed by atoms with Crippen LogP contribution in [0.2, 0.25) is 0 Å². The predicted molar refractivity (Wildman–Crippen MR) is 66.5 cm³/mol. The first kappa shape index (κ1) is 12.2. The number of carbonyl (C=O) groups is 1. The Morgan fingerprint density at radius 2 is 1.94 bits per heavy atom. The molecule has 2 aromatic rings. The van der Waals surface area contributed by atoms with Crippen LogP contribution in [-0.4, -0.2) is 27.8 Å². The van der Waals surface area contributed by atoms with E-state index in [9.17, 15) is 9.90 Å². The van der Waals surface area contributed by atoms with Crippen molar-refractivity contribution in [3.63, 3.8) is 0 Å². The molecule has 0 aliphatic heterocycles. The van der Waals surface area contributed by atoms with E-state index in [0.717, 1.165) is 11.4 Å². The Morgan fingerprint density at radius 3 is 2.39 bits per heavy atom. The van der Waals surface area contributed by atoms with E-state index in [4.69, 9.17) is 4.74 Å². The highest BCUT2D eigenvalue weighted by Gasteiger charge is 2.17. The smallest absolute Gasteiger partial charge is 0.183 e. The highest BCUT2D eigenvalue weighted by atomic mass is 16.5. The van der Waals surface area contributed by atoms with Crippen LogP contribution >= 0.6 is 0 Å². The molecule has 1 heterocycles. The fourth-order valence-corrected chi connectivity index (χ4v) is 1.71. The normalized spacial score (nSPS) is 10.4. The van der Waals surface area contributed by atoms with Gasteiger partial charge in [-0.3, -0.25) is 4.79 Å². The number of nitrogens with zero attached hydrogens (tertiary/aromatic N) is 2. The Balaban J connectivity index is 2.50. The first-order valence-electron chi connectivity index (χ1n) is 5.48. The molecule has 1 aromatic heterocycles. The molecule has 0 saturated heterocycles. The molecule has 0 radical (unpaired) electrons. The summed E-state index contributed by atoms with van der Waals surface area (Å²) in [6, 6.07) is 7.20. The second-order valence-electron chi connectivity index (χ2n) is 3.95. The number of methoxy groups -OCH3 is 1. The van der Waals surface area contributed by atoms with E-state index in [1.54, 1.807) is 26.2 Å². The van der Waals surface area contributed by atoms with Crippen molar-refractivity contribution >= 4 is 5.78 Å². The number of ketones is 1. The van der Waals surface area contributed by atoms with Crippen LogP contribution in [0, 0.1) is 6.92 Å². The topological polar surface area (TPSA) is 64.4 Å². The number of Topliss-reactive ketones (excluding diaryl/α,β-unsaturated/α-hetero) is 1. The molecule has 5 nitrogen and oxygen atoms in total. The van der Waals surface area contributed by atoms with Crippen molar-refractivity contribution in [1.29, 1.82) is 0 Å². The number of benzene rings is 1. The van der Waals surface area contributed by atoms with Gasteiger partial charge < -0.3 is 9.84 Å². The molecule has 0 saturated carbocycles. The van der Waals surface area contributed by atoms with Crippen LogP contribution in [0.25, 0.3) is 5.69 Å². The maximum atomic E-state index is 11.3. The van der Waals surface area contributed by atoms with E-state index in [-0.39, 0.29) is 17.2 Å². The third kappa shape index (κ3) is 1.95. The summed E-state index contributed by atoms with van der Waals surface area (Å²) in [5.41, 5.74) is 1.38. The van der Waals surface area contributed by atoms with Crippen molar-refractivity contribution in [2.24, 2.45) is 0 Å². The van der Waals surface area contributed by atoms with E-state index >= 15 is 0 Å². The van der Waals surface area contributed by atoms with Gasteiger partial charge in [0.15, 0.2) is 17.2 Å². The second kappa shape index (κ2) is 4.52.